The number of hydrogen-bond donors (Lipinski definition) is 7. The summed E-state index contributed by atoms with van der Waals surface area (Å²) in [6, 6.07) is 11.0. The molecule has 0 fully saturated rings. The van der Waals surface area contributed by atoms with Crippen molar-refractivity contribution < 1.29 is 38.6 Å². The van der Waals surface area contributed by atoms with Crippen LogP contribution in [-0.2, 0) is 43.6 Å². The Balaban J connectivity index is 1.45. The van der Waals surface area contributed by atoms with Crippen LogP contribution in [0.2, 0.25) is 0 Å². The van der Waals surface area contributed by atoms with Gasteiger partial charge in [0.25, 0.3) is 0 Å². The molecule has 2 aromatic carbocycles. The Hall–Kier alpha value is -6.50. The number of urea groups is 1. The number of fused-ring (bicyclic) bond motifs is 3. The van der Waals surface area contributed by atoms with E-state index in [1.54, 1.807) is 52.0 Å². The van der Waals surface area contributed by atoms with Crippen molar-refractivity contribution in [3.8, 4) is 0 Å². The van der Waals surface area contributed by atoms with Crippen LogP contribution in [0.25, 0.3) is 32.4 Å². The zero-order valence-corrected chi connectivity index (χ0v) is 33.1. The Morgan fingerprint density at radius 3 is 2.38 bits per heavy atom. The summed E-state index contributed by atoms with van der Waals surface area (Å²) in [4.78, 5) is 75.1. The van der Waals surface area contributed by atoms with E-state index in [0.29, 0.717) is 40.2 Å². The van der Waals surface area contributed by atoms with Gasteiger partial charge in [0.2, 0.25) is 17.7 Å². The molecule has 6 amide bonds. The summed E-state index contributed by atoms with van der Waals surface area (Å²) in [5.41, 5.74) is 15.2. The topological polar surface area (TPSA) is 290 Å². The molecule has 20 heteroatoms. The molecule has 8 N–H and O–H groups in total. The van der Waals surface area contributed by atoms with E-state index < -0.39 is 54.1 Å². The fourth-order valence-corrected chi connectivity index (χ4v) is 5.92. The first-order valence-corrected chi connectivity index (χ1v) is 18.7. The second-order valence-corrected chi connectivity index (χ2v) is 14.3. The number of nitrogens with two attached hydrogens (primary N) is 1. The van der Waals surface area contributed by atoms with Gasteiger partial charge in [-0.25, -0.2) is 19.6 Å². The third-order valence-electron chi connectivity index (χ3n) is 8.60. The second-order valence-electron chi connectivity index (χ2n) is 14.3. The summed E-state index contributed by atoms with van der Waals surface area (Å²) in [6.45, 7) is 9.03. The normalized spacial score (nSPS) is 12.3. The quantitative estimate of drug-likeness (QED) is 0.0292. The number of aromatic nitrogens is 3. The molecular weight excluding hydrogens is 752 g/mol. The first-order valence-electron chi connectivity index (χ1n) is 18.7. The number of amides is 6. The van der Waals surface area contributed by atoms with Gasteiger partial charge in [-0.2, -0.15) is 0 Å². The number of hydrogen-bond acceptors (Lipinski definition) is 11. The molecule has 0 aliphatic rings. The smallest absolute Gasteiger partial charge is 0.413 e. The average Bonchev–Trinajstić information content (AvgIpc) is 3.52. The van der Waals surface area contributed by atoms with E-state index in [4.69, 9.17) is 25.7 Å². The molecule has 2 aromatic heterocycles. The van der Waals surface area contributed by atoms with Gasteiger partial charge >= 0.3 is 12.1 Å². The van der Waals surface area contributed by atoms with Crippen molar-refractivity contribution in [2.75, 3.05) is 30.3 Å². The highest BCUT2D eigenvalue weighted by Crippen LogP contribution is 2.32. The lowest BCUT2D eigenvalue weighted by molar-refractivity contribution is -0.131. The molecule has 0 unspecified atom stereocenters. The van der Waals surface area contributed by atoms with Crippen molar-refractivity contribution in [1.29, 1.82) is 0 Å². The minimum atomic E-state index is -1.08. The molecule has 2 atom stereocenters. The van der Waals surface area contributed by atoms with E-state index in [1.807, 2.05) is 35.8 Å². The molecule has 0 saturated carbocycles. The van der Waals surface area contributed by atoms with Gasteiger partial charge in [0, 0.05) is 29.1 Å². The average molecular weight is 803 g/mol. The lowest BCUT2D eigenvalue weighted by Gasteiger charge is -2.25. The summed E-state index contributed by atoms with van der Waals surface area (Å²) >= 11 is 0. The highest BCUT2D eigenvalue weighted by atomic mass is 16.5. The lowest BCUT2D eigenvalue weighted by Crippen LogP contribution is -2.55. The van der Waals surface area contributed by atoms with Crippen LogP contribution in [0.3, 0.4) is 0 Å². The first kappa shape index (κ1) is 44.2. The van der Waals surface area contributed by atoms with Crippen molar-refractivity contribution >= 4 is 63.3 Å². The van der Waals surface area contributed by atoms with Gasteiger partial charge in [0.05, 0.1) is 23.2 Å². The zero-order valence-electron chi connectivity index (χ0n) is 33.1. The van der Waals surface area contributed by atoms with E-state index >= 15 is 0 Å². The molecule has 310 valence electrons. The van der Waals surface area contributed by atoms with E-state index in [1.165, 1.54) is 0 Å². The van der Waals surface area contributed by atoms with Gasteiger partial charge in [-0.15, -0.1) is 0 Å². The Kier molecular flexibility index (Phi) is 15.7. The van der Waals surface area contributed by atoms with Gasteiger partial charge in [-0.1, -0.05) is 49.3 Å². The molecular formula is C38H50N12O8. The Morgan fingerprint density at radius 1 is 1.00 bits per heavy atom. The predicted octanol–water partition coefficient (Wildman–Crippen LogP) is 3.96. The molecule has 0 radical (unpaired) electrons. The number of carbonyl (C=O) groups is 5. The minimum absolute atomic E-state index is 0.113. The fourth-order valence-electron chi connectivity index (χ4n) is 5.92. The highest BCUT2D eigenvalue weighted by Gasteiger charge is 2.29. The first-order chi connectivity index (χ1) is 27.6. The third kappa shape index (κ3) is 12.8. The van der Waals surface area contributed by atoms with Crippen LogP contribution in [0.5, 0.6) is 0 Å². The lowest BCUT2D eigenvalue weighted by atomic mass is 10.0. The Morgan fingerprint density at radius 2 is 1.72 bits per heavy atom. The number of anilines is 2. The van der Waals surface area contributed by atoms with Crippen LogP contribution in [-0.4, -0.2) is 86.9 Å². The van der Waals surface area contributed by atoms with E-state index in [-0.39, 0.29) is 50.9 Å². The summed E-state index contributed by atoms with van der Waals surface area (Å²) in [5, 5.41) is 27.8. The zero-order chi connectivity index (χ0) is 42.4. The van der Waals surface area contributed by atoms with Crippen LogP contribution in [0.15, 0.2) is 53.6 Å². The molecule has 2 heterocycles. The van der Waals surface area contributed by atoms with Gasteiger partial charge in [-0.05, 0) is 68.8 Å². The molecule has 0 aliphatic carbocycles. The van der Waals surface area contributed by atoms with Crippen molar-refractivity contribution in [3.05, 3.63) is 70.4 Å². The Labute approximate surface area is 334 Å². The van der Waals surface area contributed by atoms with E-state index in [0.717, 1.165) is 5.39 Å². The maximum atomic E-state index is 13.4. The van der Waals surface area contributed by atoms with Crippen molar-refractivity contribution in [1.82, 2.24) is 30.5 Å². The molecule has 0 saturated heterocycles. The van der Waals surface area contributed by atoms with Gasteiger partial charge in [0.15, 0.2) is 5.82 Å². The van der Waals surface area contributed by atoms with Gasteiger partial charge < -0.3 is 46.1 Å². The number of ether oxygens (including phenoxy) is 2. The van der Waals surface area contributed by atoms with Crippen LogP contribution in [0.4, 0.5) is 21.1 Å². The Bertz CT molecular complexity index is 2140. The van der Waals surface area contributed by atoms with Gasteiger partial charge in [-0.3, -0.25) is 19.7 Å². The number of carbonyl (C=O) groups excluding carboxylic acids is 5. The van der Waals surface area contributed by atoms with Crippen molar-refractivity contribution in [2.45, 2.75) is 84.9 Å². The predicted molar refractivity (Wildman–Crippen MR) is 215 cm³/mol. The SMILES string of the molecule is CCOCc1nc2c(NC(=O)OCc3ccc(NC(=O)[C@H](CCCNC(N)=O)NC(=O)[C@@H](NC(=O)CN=[N+]=[N-])C(C)C)cc3)nc3ccccc3c2n1CC(C)(C)O. The summed E-state index contributed by atoms with van der Waals surface area (Å²) < 4.78 is 13.1. The summed E-state index contributed by atoms with van der Waals surface area (Å²) in [7, 11) is 0. The molecule has 0 bridgehead atoms. The van der Waals surface area contributed by atoms with E-state index in [2.05, 4.69) is 41.6 Å². The van der Waals surface area contributed by atoms with Crippen LogP contribution in [0.1, 0.15) is 58.8 Å². The van der Waals surface area contributed by atoms with E-state index in [9.17, 15) is 29.1 Å². The number of imidazole rings is 1. The van der Waals surface area contributed by atoms with Crippen molar-refractivity contribution in [2.24, 2.45) is 16.8 Å². The molecule has 58 heavy (non-hydrogen) atoms. The standard InChI is InChI=1S/C38H50N12O8/c1-6-57-20-28-46-31-32(50(28)21-38(4,5)56)25-10-7-8-11-26(25)44-33(31)48-37(55)58-19-23-13-15-24(16-14-23)43-34(52)27(12-9-17-41-36(39)54)45-35(53)30(22(2)3)47-29(51)18-42-49-40/h7-8,10-11,13-16,22,27,30,56H,6,9,12,17-21H2,1-5H3,(H,43,52)(H,45,53)(H,47,51)(H3,39,41,54)(H,44,48,55)/t27-,30-/m0/s1. The second kappa shape index (κ2) is 20.6. The summed E-state index contributed by atoms with van der Waals surface area (Å²) in [5.74, 6) is -1.51. The fraction of sp³-hybridized carbons (Fsp3) is 0.447. The number of rotatable bonds is 20. The number of para-hydroxylation sites is 1. The molecule has 20 nitrogen and oxygen atoms in total. The largest absolute Gasteiger partial charge is 0.444 e. The van der Waals surface area contributed by atoms with Crippen LogP contribution >= 0.6 is 0 Å². The number of benzene rings is 2. The van der Waals surface area contributed by atoms with Crippen molar-refractivity contribution in [3.63, 3.8) is 0 Å². The van der Waals surface area contributed by atoms with Gasteiger partial charge in [0.1, 0.15) is 43.2 Å². The molecule has 4 aromatic rings. The van der Waals surface area contributed by atoms with Crippen LogP contribution in [0, 0.1) is 5.92 Å². The highest BCUT2D eigenvalue weighted by molar-refractivity contribution is 6.09. The monoisotopic (exact) mass is 802 g/mol. The third-order valence-corrected chi connectivity index (χ3v) is 8.60. The number of nitrogens with one attached hydrogen (secondary N) is 5. The maximum Gasteiger partial charge on any atom is 0.413 e. The number of primary amides is 1. The summed E-state index contributed by atoms with van der Waals surface area (Å²) in [6.07, 6.45) is -0.391. The number of pyridine rings is 1. The number of aliphatic hydroxyl groups is 1. The number of azide groups is 1. The number of nitrogens with zero attached hydrogens (tertiary/aromatic N) is 6. The minimum Gasteiger partial charge on any atom is -0.444 e. The molecule has 0 aliphatic heterocycles. The molecule has 4 rings (SSSR count). The molecule has 0 spiro atoms. The maximum absolute atomic E-state index is 13.4. The van der Waals surface area contributed by atoms with Crippen LogP contribution < -0.4 is 32.3 Å².